The minimum Gasteiger partial charge on any atom is -0.497 e. The van der Waals surface area contributed by atoms with E-state index in [2.05, 4.69) is 0 Å². The molecule has 0 aliphatic carbocycles. The molecule has 0 saturated heterocycles. The van der Waals surface area contributed by atoms with Crippen LogP contribution in [-0.2, 0) is 9.59 Å². The Hall–Kier alpha value is -3.22. The van der Waals surface area contributed by atoms with E-state index in [9.17, 15) is 9.59 Å². The predicted octanol–water partition coefficient (Wildman–Crippen LogP) is 2.34. The van der Waals surface area contributed by atoms with Crippen molar-refractivity contribution in [3.63, 3.8) is 0 Å². The highest BCUT2D eigenvalue weighted by molar-refractivity contribution is 5.99. The lowest BCUT2D eigenvalue weighted by atomic mass is 10.1. The maximum absolute atomic E-state index is 13.1. The van der Waals surface area contributed by atoms with Gasteiger partial charge in [-0.15, -0.1) is 0 Å². The summed E-state index contributed by atoms with van der Waals surface area (Å²) in [6.45, 7) is 1.82. The molecule has 0 spiro atoms. The summed E-state index contributed by atoms with van der Waals surface area (Å²) in [7, 11) is 4.91. The summed E-state index contributed by atoms with van der Waals surface area (Å²) in [5.41, 5.74) is 0.625. The van der Waals surface area contributed by atoms with E-state index in [0.29, 0.717) is 22.9 Å². The molecule has 2 aromatic carbocycles. The fourth-order valence-corrected chi connectivity index (χ4v) is 2.99. The van der Waals surface area contributed by atoms with Crippen LogP contribution in [0.2, 0.25) is 0 Å². The van der Waals surface area contributed by atoms with Gasteiger partial charge in [-0.2, -0.15) is 0 Å². The molecule has 2 aromatic rings. The van der Waals surface area contributed by atoms with Crippen LogP contribution in [0.3, 0.4) is 0 Å². The molecule has 1 heterocycles. The predicted molar refractivity (Wildman–Crippen MR) is 105 cm³/mol. The molecule has 0 saturated carbocycles. The second-order valence-electron chi connectivity index (χ2n) is 6.69. The van der Waals surface area contributed by atoms with Crippen LogP contribution in [0.4, 0.5) is 5.69 Å². The third-order valence-electron chi connectivity index (χ3n) is 4.48. The number of amides is 2. The number of likely N-dealkylation sites (N-methyl/N-ethyl adjacent to an activating group) is 1. The van der Waals surface area contributed by atoms with Crippen LogP contribution in [0.5, 0.6) is 17.2 Å². The normalized spacial score (nSPS) is 16.4. The highest BCUT2D eigenvalue weighted by atomic mass is 16.5. The molecule has 0 aromatic heterocycles. The van der Waals surface area contributed by atoms with Crippen molar-refractivity contribution in [3.8, 4) is 17.2 Å². The summed E-state index contributed by atoms with van der Waals surface area (Å²) >= 11 is 0. The standard InChI is InChI=1S/C21H24N2O5/c1-14(27-16-11-9-15(26-4)10-12-16)20(24)23-13-19(21(25)22(2)3)28-18-8-6-5-7-17(18)23/h5-12,14,19H,13H2,1-4H3. The number of carbonyl (C=O) groups is 2. The van der Waals surface area contributed by atoms with Crippen LogP contribution in [0.25, 0.3) is 0 Å². The molecule has 7 heteroatoms. The first-order chi connectivity index (χ1) is 13.4. The third-order valence-corrected chi connectivity index (χ3v) is 4.48. The van der Waals surface area contributed by atoms with Crippen LogP contribution >= 0.6 is 0 Å². The largest absolute Gasteiger partial charge is 0.497 e. The molecule has 0 fully saturated rings. The van der Waals surface area contributed by atoms with Gasteiger partial charge in [0.05, 0.1) is 19.3 Å². The van der Waals surface area contributed by atoms with Gasteiger partial charge in [-0.05, 0) is 43.3 Å². The van der Waals surface area contributed by atoms with Gasteiger partial charge in [-0.25, -0.2) is 0 Å². The zero-order chi connectivity index (χ0) is 20.3. The van der Waals surface area contributed by atoms with Gasteiger partial charge in [0.15, 0.2) is 12.2 Å². The highest BCUT2D eigenvalue weighted by Crippen LogP contribution is 2.34. The van der Waals surface area contributed by atoms with Crippen molar-refractivity contribution in [3.05, 3.63) is 48.5 Å². The molecule has 2 amide bonds. The molecule has 2 unspecified atom stereocenters. The molecule has 0 bridgehead atoms. The lowest BCUT2D eigenvalue weighted by molar-refractivity contribution is -0.136. The number of anilines is 1. The first kappa shape index (κ1) is 19.5. The van der Waals surface area contributed by atoms with Gasteiger partial charge in [0.25, 0.3) is 11.8 Å². The van der Waals surface area contributed by atoms with Crippen molar-refractivity contribution in [1.29, 1.82) is 0 Å². The fraction of sp³-hybridized carbons (Fsp3) is 0.333. The minimum atomic E-state index is -0.762. The van der Waals surface area contributed by atoms with E-state index in [1.807, 2.05) is 6.07 Å². The number of hydrogen-bond donors (Lipinski definition) is 0. The average Bonchev–Trinajstić information content (AvgIpc) is 2.72. The molecular weight excluding hydrogens is 360 g/mol. The lowest BCUT2D eigenvalue weighted by Gasteiger charge is -2.36. The van der Waals surface area contributed by atoms with Crippen LogP contribution in [0.15, 0.2) is 48.5 Å². The quantitative estimate of drug-likeness (QED) is 0.792. The van der Waals surface area contributed by atoms with E-state index in [4.69, 9.17) is 14.2 Å². The Bertz CT molecular complexity index is 850. The lowest BCUT2D eigenvalue weighted by Crippen LogP contribution is -2.52. The van der Waals surface area contributed by atoms with Gasteiger partial charge in [0.1, 0.15) is 17.2 Å². The van der Waals surface area contributed by atoms with Gasteiger partial charge >= 0.3 is 0 Å². The van der Waals surface area contributed by atoms with E-state index < -0.39 is 12.2 Å². The molecule has 3 rings (SSSR count). The molecule has 7 nitrogen and oxygen atoms in total. The Morgan fingerprint density at radius 1 is 1.11 bits per heavy atom. The first-order valence-corrected chi connectivity index (χ1v) is 8.99. The van der Waals surface area contributed by atoms with Crippen LogP contribution in [-0.4, -0.2) is 56.7 Å². The van der Waals surface area contributed by atoms with E-state index in [-0.39, 0.29) is 18.4 Å². The molecule has 2 atom stereocenters. The van der Waals surface area contributed by atoms with E-state index in [0.717, 1.165) is 0 Å². The summed E-state index contributed by atoms with van der Waals surface area (Å²) in [6.07, 6.45) is -1.50. The number of ether oxygens (including phenoxy) is 3. The SMILES string of the molecule is COc1ccc(OC(C)C(=O)N2CC(C(=O)N(C)C)Oc3ccccc32)cc1. The van der Waals surface area contributed by atoms with E-state index >= 15 is 0 Å². The smallest absolute Gasteiger partial charge is 0.268 e. The van der Waals surface area contributed by atoms with Gasteiger partial charge in [-0.1, -0.05) is 12.1 Å². The number of rotatable bonds is 5. The summed E-state index contributed by atoms with van der Waals surface area (Å²) in [4.78, 5) is 28.6. The highest BCUT2D eigenvalue weighted by Gasteiger charge is 2.36. The molecule has 1 aliphatic rings. The Morgan fingerprint density at radius 3 is 2.39 bits per heavy atom. The van der Waals surface area contributed by atoms with Crippen LogP contribution < -0.4 is 19.1 Å². The van der Waals surface area contributed by atoms with Crippen LogP contribution in [0, 0.1) is 0 Å². The third kappa shape index (κ3) is 4.03. The average molecular weight is 384 g/mol. The summed E-state index contributed by atoms with van der Waals surface area (Å²) in [5, 5.41) is 0. The van der Waals surface area contributed by atoms with Crippen molar-refractivity contribution < 1.29 is 23.8 Å². The second-order valence-corrected chi connectivity index (χ2v) is 6.69. The van der Waals surface area contributed by atoms with E-state index in [1.54, 1.807) is 75.5 Å². The number of hydrogen-bond acceptors (Lipinski definition) is 5. The zero-order valence-electron chi connectivity index (χ0n) is 16.4. The molecule has 148 valence electrons. The summed E-state index contributed by atoms with van der Waals surface area (Å²) in [6, 6.07) is 14.2. The Labute approximate surface area is 164 Å². The van der Waals surface area contributed by atoms with Crippen LogP contribution in [0.1, 0.15) is 6.92 Å². The van der Waals surface area contributed by atoms with Crippen molar-refractivity contribution in [2.75, 3.05) is 32.6 Å². The number of methoxy groups -OCH3 is 1. The maximum Gasteiger partial charge on any atom is 0.268 e. The maximum atomic E-state index is 13.1. The summed E-state index contributed by atoms with van der Waals surface area (Å²) < 4.78 is 16.8. The van der Waals surface area contributed by atoms with E-state index in [1.165, 1.54) is 4.90 Å². The Morgan fingerprint density at radius 2 is 1.75 bits per heavy atom. The Kier molecular flexibility index (Phi) is 5.73. The number of fused-ring (bicyclic) bond motifs is 1. The van der Waals surface area contributed by atoms with Crippen molar-refractivity contribution in [1.82, 2.24) is 4.90 Å². The molecular formula is C21H24N2O5. The van der Waals surface area contributed by atoms with Gasteiger partial charge < -0.3 is 24.0 Å². The van der Waals surface area contributed by atoms with Crippen molar-refractivity contribution >= 4 is 17.5 Å². The fourth-order valence-electron chi connectivity index (χ4n) is 2.99. The second kappa shape index (κ2) is 8.21. The molecule has 0 N–H and O–H groups in total. The number of nitrogens with zero attached hydrogens (tertiary/aromatic N) is 2. The zero-order valence-corrected chi connectivity index (χ0v) is 16.4. The number of para-hydroxylation sites is 2. The monoisotopic (exact) mass is 384 g/mol. The Balaban J connectivity index is 1.80. The van der Waals surface area contributed by atoms with Crippen molar-refractivity contribution in [2.45, 2.75) is 19.1 Å². The topological polar surface area (TPSA) is 68.3 Å². The minimum absolute atomic E-state index is 0.128. The van der Waals surface area contributed by atoms with Crippen molar-refractivity contribution in [2.24, 2.45) is 0 Å². The number of benzene rings is 2. The van der Waals surface area contributed by atoms with Gasteiger partial charge in [0.2, 0.25) is 0 Å². The first-order valence-electron chi connectivity index (χ1n) is 8.99. The van der Waals surface area contributed by atoms with Gasteiger partial charge in [0, 0.05) is 14.1 Å². The molecule has 28 heavy (non-hydrogen) atoms. The number of carbonyl (C=O) groups excluding carboxylic acids is 2. The summed E-state index contributed by atoms with van der Waals surface area (Å²) in [5.74, 6) is 1.32. The van der Waals surface area contributed by atoms with Gasteiger partial charge in [-0.3, -0.25) is 9.59 Å². The molecule has 0 radical (unpaired) electrons. The molecule has 1 aliphatic heterocycles.